The van der Waals surface area contributed by atoms with Crippen molar-refractivity contribution >= 4 is 17.7 Å². The maximum atomic E-state index is 4.76. The van der Waals surface area contributed by atoms with Crippen LogP contribution in [0.4, 0.5) is 0 Å². The zero-order chi connectivity index (χ0) is 17.4. The Hall–Kier alpha value is -1.17. The molecule has 1 aliphatic rings. The topological polar surface area (TPSA) is 54.2 Å². The lowest BCUT2D eigenvalue weighted by atomic mass is 10.2. The molecule has 1 aliphatic carbocycles. The molecule has 1 aromatic heterocycles. The van der Waals surface area contributed by atoms with Crippen molar-refractivity contribution in [1.29, 1.82) is 0 Å². The molecule has 0 radical (unpaired) electrons. The van der Waals surface area contributed by atoms with Crippen LogP contribution in [0.1, 0.15) is 52.8 Å². The lowest BCUT2D eigenvalue weighted by Gasteiger charge is -2.17. The Morgan fingerprint density at radius 1 is 1.42 bits per heavy atom. The van der Waals surface area contributed by atoms with Crippen LogP contribution < -0.4 is 10.6 Å². The molecule has 2 atom stereocenters. The van der Waals surface area contributed by atoms with Crippen LogP contribution in [0.25, 0.3) is 0 Å². The molecule has 1 fully saturated rings. The van der Waals surface area contributed by atoms with Crippen molar-refractivity contribution < 1.29 is 0 Å². The fraction of sp³-hybridized carbons (Fsp3) is 0.778. The van der Waals surface area contributed by atoms with Crippen LogP contribution in [-0.2, 0) is 13.1 Å². The number of nitrogens with zero attached hydrogens (tertiary/aromatic N) is 3. The normalized spacial score (nSPS) is 21.5. The first kappa shape index (κ1) is 19.2. The number of aliphatic imine (C=N–C) groups is 1. The second-order valence-corrected chi connectivity index (χ2v) is 8.39. The van der Waals surface area contributed by atoms with Crippen LogP contribution in [0.15, 0.2) is 17.4 Å². The minimum atomic E-state index is 0.544. The summed E-state index contributed by atoms with van der Waals surface area (Å²) in [5.74, 6) is 3.78. The Morgan fingerprint density at radius 2 is 2.25 bits per heavy atom. The van der Waals surface area contributed by atoms with Crippen LogP contribution in [-0.4, -0.2) is 39.1 Å². The number of thioether (sulfide) groups is 1. The molecular formula is C18H33N5S. The van der Waals surface area contributed by atoms with E-state index in [1.54, 1.807) is 0 Å². The first-order chi connectivity index (χ1) is 11.6. The van der Waals surface area contributed by atoms with E-state index in [0.29, 0.717) is 18.5 Å². The maximum Gasteiger partial charge on any atom is 0.191 e. The van der Waals surface area contributed by atoms with Crippen LogP contribution >= 0.6 is 11.8 Å². The third-order valence-corrected chi connectivity index (χ3v) is 5.45. The van der Waals surface area contributed by atoms with Gasteiger partial charge < -0.3 is 15.2 Å². The zero-order valence-corrected chi connectivity index (χ0v) is 16.4. The highest BCUT2D eigenvalue weighted by Crippen LogP contribution is 2.29. The van der Waals surface area contributed by atoms with Gasteiger partial charge in [-0.3, -0.25) is 0 Å². The number of hydrogen-bond donors (Lipinski definition) is 2. The highest BCUT2D eigenvalue weighted by molar-refractivity contribution is 7.99. The van der Waals surface area contributed by atoms with E-state index in [1.165, 1.54) is 25.0 Å². The fourth-order valence-corrected chi connectivity index (χ4v) is 4.32. The van der Waals surface area contributed by atoms with Gasteiger partial charge in [-0.1, -0.05) is 20.8 Å². The molecular weight excluding hydrogens is 318 g/mol. The van der Waals surface area contributed by atoms with E-state index in [2.05, 4.69) is 65.8 Å². The Kier molecular flexibility index (Phi) is 7.95. The summed E-state index contributed by atoms with van der Waals surface area (Å²) < 4.78 is 2.21. The molecule has 0 spiro atoms. The largest absolute Gasteiger partial charge is 0.357 e. The summed E-state index contributed by atoms with van der Waals surface area (Å²) in [7, 11) is 0. The van der Waals surface area contributed by atoms with Crippen LogP contribution in [0.5, 0.6) is 0 Å². The summed E-state index contributed by atoms with van der Waals surface area (Å²) >= 11 is 2.09. The fourth-order valence-electron chi connectivity index (χ4n) is 3.17. The quantitative estimate of drug-likeness (QED) is 0.557. The molecule has 0 aromatic carbocycles. The molecule has 0 amide bonds. The van der Waals surface area contributed by atoms with Gasteiger partial charge in [-0.2, -0.15) is 11.8 Å². The van der Waals surface area contributed by atoms with E-state index in [4.69, 9.17) is 4.99 Å². The van der Waals surface area contributed by atoms with Gasteiger partial charge in [0, 0.05) is 36.8 Å². The van der Waals surface area contributed by atoms with Gasteiger partial charge in [-0.05, 0) is 37.9 Å². The molecule has 1 saturated carbocycles. The molecule has 24 heavy (non-hydrogen) atoms. The van der Waals surface area contributed by atoms with Crippen molar-refractivity contribution in [2.45, 2.75) is 71.3 Å². The number of hydrogen-bond acceptors (Lipinski definition) is 3. The van der Waals surface area contributed by atoms with Crippen molar-refractivity contribution in [2.75, 3.05) is 12.3 Å². The number of rotatable bonds is 8. The van der Waals surface area contributed by atoms with Crippen LogP contribution in [0, 0.1) is 5.92 Å². The number of aromatic nitrogens is 2. The molecule has 5 nitrogen and oxygen atoms in total. The summed E-state index contributed by atoms with van der Waals surface area (Å²) in [6.07, 6.45) is 7.72. The second-order valence-electron chi connectivity index (χ2n) is 6.82. The minimum absolute atomic E-state index is 0.544. The number of nitrogens with one attached hydrogen (secondary N) is 2. The third-order valence-electron chi connectivity index (χ3n) is 4.21. The van der Waals surface area contributed by atoms with Gasteiger partial charge in [0.1, 0.15) is 12.4 Å². The average molecular weight is 352 g/mol. The molecule has 0 bridgehead atoms. The maximum absolute atomic E-state index is 4.76. The first-order valence-electron chi connectivity index (χ1n) is 9.28. The summed E-state index contributed by atoms with van der Waals surface area (Å²) in [6, 6.07) is 0.544. The summed E-state index contributed by atoms with van der Waals surface area (Å²) in [4.78, 5) is 9.23. The van der Waals surface area contributed by atoms with Crippen molar-refractivity contribution in [3.05, 3.63) is 18.2 Å². The zero-order valence-electron chi connectivity index (χ0n) is 15.6. The molecule has 0 aliphatic heterocycles. The minimum Gasteiger partial charge on any atom is -0.357 e. The van der Waals surface area contributed by atoms with E-state index in [9.17, 15) is 0 Å². The highest BCUT2D eigenvalue weighted by Gasteiger charge is 2.25. The van der Waals surface area contributed by atoms with Gasteiger partial charge in [0.15, 0.2) is 5.96 Å². The predicted octanol–water partition coefficient (Wildman–Crippen LogP) is 3.27. The Balaban J connectivity index is 1.92. The van der Waals surface area contributed by atoms with E-state index in [0.717, 1.165) is 30.1 Å². The van der Waals surface area contributed by atoms with Crippen molar-refractivity contribution in [3.8, 4) is 0 Å². The second kappa shape index (κ2) is 9.97. The molecule has 2 rings (SSSR count). The smallest absolute Gasteiger partial charge is 0.191 e. The summed E-state index contributed by atoms with van der Waals surface area (Å²) in [6.45, 7) is 11.3. The Bertz CT molecular complexity index is 511. The van der Waals surface area contributed by atoms with Crippen molar-refractivity contribution in [3.63, 3.8) is 0 Å². The number of guanidine groups is 1. The monoisotopic (exact) mass is 351 g/mol. The summed E-state index contributed by atoms with van der Waals surface area (Å²) in [5, 5.41) is 7.80. The van der Waals surface area contributed by atoms with E-state index >= 15 is 0 Å². The lowest BCUT2D eigenvalue weighted by molar-refractivity contribution is 0.507. The van der Waals surface area contributed by atoms with Crippen molar-refractivity contribution in [2.24, 2.45) is 10.9 Å². The van der Waals surface area contributed by atoms with Crippen LogP contribution in [0.2, 0.25) is 0 Å². The van der Waals surface area contributed by atoms with Gasteiger partial charge in [0.25, 0.3) is 0 Å². The third kappa shape index (κ3) is 6.04. The van der Waals surface area contributed by atoms with E-state index in [1.807, 2.05) is 6.20 Å². The molecule has 0 saturated heterocycles. The Labute approximate surface area is 151 Å². The first-order valence-corrected chi connectivity index (χ1v) is 10.3. The molecule has 2 unspecified atom stereocenters. The number of imidazole rings is 1. The van der Waals surface area contributed by atoms with Gasteiger partial charge in [-0.15, -0.1) is 0 Å². The predicted molar refractivity (Wildman–Crippen MR) is 105 cm³/mol. The molecule has 1 aromatic rings. The highest BCUT2D eigenvalue weighted by atomic mass is 32.2. The van der Waals surface area contributed by atoms with E-state index < -0.39 is 0 Å². The average Bonchev–Trinajstić information content (AvgIpc) is 3.14. The van der Waals surface area contributed by atoms with Gasteiger partial charge in [0.05, 0.1) is 0 Å². The van der Waals surface area contributed by atoms with E-state index in [-0.39, 0.29) is 0 Å². The SMILES string of the molecule is CCNC(=NCc1nccn1CC(C)C)NC1CCC(SCC)C1. The molecule has 1 heterocycles. The van der Waals surface area contributed by atoms with Gasteiger partial charge in [0.2, 0.25) is 0 Å². The summed E-state index contributed by atoms with van der Waals surface area (Å²) in [5.41, 5.74) is 0. The van der Waals surface area contributed by atoms with Gasteiger partial charge in [-0.25, -0.2) is 9.98 Å². The molecule has 136 valence electrons. The standard InChI is InChI=1S/C18H33N5S/c1-5-19-18(22-15-7-8-16(11-15)24-6-2)21-12-17-20-9-10-23(17)13-14(3)4/h9-10,14-16H,5-8,11-13H2,1-4H3,(H2,19,21,22). The molecule has 6 heteroatoms. The van der Waals surface area contributed by atoms with Gasteiger partial charge >= 0.3 is 0 Å². The lowest BCUT2D eigenvalue weighted by Crippen LogP contribution is -2.42. The van der Waals surface area contributed by atoms with Crippen LogP contribution in [0.3, 0.4) is 0 Å². The Morgan fingerprint density at radius 3 is 2.96 bits per heavy atom. The van der Waals surface area contributed by atoms with Crippen molar-refractivity contribution in [1.82, 2.24) is 20.2 Å². The molecule has 2 N–H and O–H groups in total.